The van der Waals surface area contributed by atoms with Gasteiger partial charge in [-0.3, -0.25) is 14.8 Å². The molecular formula is C24H22ClN3O3S2. The Bertz CT molecular complexity index is 1300. The molecule has 0 saturated heterocycles. The highest BCUT2D eigenvalue weighted by Crippen LogP contribution is 2.20. The van der Waals surface area contributed by atoms with E-state index in [2.05, 4.69) is 15.4 Å². The molecule has 0 aromatic heterocycles. The van der Waals surface area contributed by atoms with Gasteiger partial charge < -0.3 is 5.32 Å². The monoisotopic (exact) mass is 499 g/mol. The average molecular weight is 500 g/mol. The molecule has 0 saturated carbocycles. The van der Waals surface area contributed by atoms with Gasteiger partial charge in [0.2, 0.25) is 5.91 Å². The summed E-state index contributed by atoms with van der Waals surface area (Å²) in [6.07, 6.45) is 2.91. The van der Waals surface area contributed by atoms with Gasteiger partial charge in [-0.25, -0.2) is 8.42 Å². The fraction of sp³-hybridized carbons (Fsp3) is 0.0833. The number of sulfonamides is 1. The Labute approximate surface area is 203 Å². The van der Waals surface area contributed by atoms with Gasteiger partial charge >= 0.3 is 0 Å². The second-order valence-corrected chi connectivity index (χ2v) is 9.80. The summed E-state index contributed by atoms with van der Waals surface area (Å²) >= 11 is 11.2. The van der Waals surface area contributed by atoms with Crippen molar-refractivity contribution in [3.63, 3.8) is 0 Å². The van der Waals surface area contributed by atoms with E-state index in [4.69, 9.17) is 23.8 Å². The van der Waals surface area contributed by atoms with E-state index in [-0.39, 0.29) is 10.0 Å². The minimum Gasteiger partial charge on any atom is -0.332 e. The van der Waals surface area contributed by atoms with Gasteiger partial charge in [0.05, 0.1) is 4.90 Å². The Kier molecular flexibility index (Phi) is 7.86. The summed E-state index contributed by atoms with van der Waals surface area (Å²) in [5.74, 6) is -0.427. The largest absolute Gasteiger partial charge is 0.332 e. The lowest BCUT2D eigenvalue weighted by Crippen LogP contribution is -2.32. The number of hydrogen-bond donors (Lipinski definition) is 3. The number of carbonyl (C=O) groups excluding carboxylic acids is 1. The van der Waals surface area contributed by atoms with Crippen LogP contribution in [0.3, 0.4) is 0 Å². The van der Waals surface area contributed by atoms with Gasteiger partial charge in [0, 0.05) is 22.5 Å². The summed E-state index contributed by atoms with van der Waals surface area (Å²) in [5.41, 5.74) is 3.66. The van der Waals surface area contributed by atoms with Crippen molar-refractivity contribution in [2.24, 2.45) is 0 Å². The molecule has 0 fully saturated rings. The molecule has 3 aromatic carbocycles. The van der Waals surface area contributed by atoms with Crippen LogP contribution in [0.5, 0.6) is 0 Å². The first-order valence-corrected chi connectivity index (χ1v) is 12.1. The molecule has 0 radical (unpaired) electrons. The quantitative estimate of drug-likeness (QED) is 0.317. The molecule has 0 heterocycles. The van der Waals surface area contributed by atoms with E-state index in [9.17, 15) is 13.2 Å². The lowest BCUT2D eigenvalue weighted by Gasteiger charge is -2.11. The zero-order chi connectivity index (χ0) is 24.0. The normalized spacial score (nSPS) is 11.2. The van der Waals surface area contributed by atoms with Crippen LogP contribution < -0.4 is 15.4 Å². The van der Waals surface area contributed by atoms with Crippen LogP contribution in [-0.2, 0) is 14.8 Å². The summed E-state index contributed by atoms with van der Waals surface area (Å²) in [5, 5.41) is 5.99. The molecule has 170 valence electrons. The molecule has 0 atom stereocenters. The Hall–Kier alpha value is -3.20. The molecule has 9 heteroatoms. The third-order valence-corrected chi connectivity index (χ3v) is 6.40. The molecule has 0 spiro atoms. The molecule has 0 unspecified atom stereocenters. The minimum absolute atomic E-state index is 0.0766. The second kappa shape index (κ2) is 10.6. The van der Waals surface area contributed by atoms with E-state index < -0.39 is 15.9 Å². The molecule has 0 bridgehead atoms. The summed E-state index contributed by atoms with van der Waals surface area (Å²) in [4.78, 5) is 12.2. The lowest BCUT2D eigenvalue weighted by atomic mass is 10.1. The van der Waals surface area contributed by atoms with Crippen LogP contribution in [0, 0.1) is 13.8 Å². The number of rotatable bonds is 6. The fourth-order valence-corrected chi connectivity index (χ4v) is 4.51. The van der Waals surface area contributed by atoms with E-state index >= 15 is 0 Å². The van der Waals surface area contributed by atoms with Crippen molar-refractivity contribution in [1.29, 1.82) is 0 Å². The predicted octanol–water partition coefficient (Wildman–Crippen LogP) is 5.28. The van der Waals surface area contributed by atoms with Crippen LogP contribution in [0.4, 0.5) is 11.4 Å². The number of anilines is 2. The molecule has 33 heavy (non-hydrogen) atoms. The number of nitrogens with one attached hydrogen (secondary N) is 3. The molecule has 3 rings (SSSR count). The van der Waals surface area contributed by atoms with Crippen molar-refractivity contribution >= 4 is 62.3 Å². The maximum Gasteiger partial charge on any atom is 0.261 e. The first kappa shape index (κ1) is 24.4. The van der Waals surface area contributed by atoms with E-state index in [1.54, 1.807) is 48.5 Å². The van der Waals surface area contributed by atoms with Crippen LogP contribution in [0.15, 0.2) is 77.7 Å². The van der Waals surface area contributed by atoms with Gasteiger partial charge in [-0.1, -0.05) is 35.9 Å². The van der Waals surface area contributed by atoms with Crippen LogP contribution in [-0.4, -0.2) is 19.4 Å². The van der Waals surface area contributed by atoms with Crippen molar-refractivity contribution in [3.05, 3.63) is 94.5 Å². The van der Waals surface area contributed by atoms with Crippen LogP contribution >= 0.6 is 23.8 Å². The Balaban J connectivity index is 1.59. The smallest absolute Gasteiger partial charge is 0.261 e. The molecule has 3 aromatic rings. The molecule has 0 aliphatic heterocycles. The zero-order valence-electron chi connectivity index (χ0n) is 17.9. The maximum absolute atomic E-state index is 12.7. The van der Waals surface area contributed by atoms with Gasteiger partial charge in [-0.15, -0.1) is 0 Å². The Morgan fingerprint density at radius 3 is 2.21 bits per heavy atom. The standard InChI is InChI=1S/C24H22ClN3O3S2/c1-16-13-17(2)15-20(14-16)28-33(30,31)21-10-8-19(9-11-21)26-24(32)27-23(29)12-7-18-5-3-4-6-22(18)25/h3-15,28H,1-2H3,(H2,26,27,29,32)/b12-7+. The van der Waals surface area contributed by atoms with E-state index in [1.807, 2.05) is 26.0 Å². The number of hydrogen-bond acceptors (Lipinski definition) is 4. The molecular weight excluding hydrogens is 478 g/mol. The fourth-order valence-electron chi connectivity index (χ4n) is 3.06. The summed E-state index contributed by atoms with van der Waals surface area (Å²) in [6, 6.07) is 18.7. The van der Waals surface area contributed by atoms with Gasteiger partial charge in [0.1, 0.15) is 0 Å². The lowest BCUT2D eigenvalue weighted by molar-refractivity contribution is -0.115. The number of benzene rings is 3. The summed E-state index contributed by atoms with van der Waals surface area (Å²) in [7, 11) is -3.75. The number of amides is 1. The van der Waals surface area contributed by atoms with Crippen LogP contribution in [0.2, 0.25) is 5.02 Å². The van der Waals surface area contributed by atoms with Crippen molar-refractivity contribution in [1.82, 2.24) is 5.32 Å². The van der Waals surface area contributed by atoms with Crippen LogP contribution in [0.1, 0.15) is 16.7 Å². The average Bonchev–Trinajstić information content (AvgIpc) is 2.72. The van der Waals surface area contributed by atoms with Gasteiger partial charge in [0.15, 0.2) is 5.11 Å². The zero-order valence-corrected chi connectivity index (χ0v) is 20.3. The number of aryl methyl sites for hydroxylation is 2. The predicted molar refractivity (Wildman–Crippen MR) is 138 cm³/mol. The number of carbonyl (C=O) groups is 1. The maximum atomic E-state index is 12.7. The molecule has 0 aliphatic rings. The van der Waals surface area contributed by atoms with E-state index in [0.717, 1.165) is 11.1 Å². The van der Waals surface area contributed by atoms with E-state index in [1.165, 1.54) is 18.2 Å². The first-order valence-electron chi connectivity index (χ1n) is 9.88. The highest BCUT2D eigenvalue weighted by atomic mass is 35.5. The molecule has 1 amide bonds. The third kappa shape index (κ3) is 7.15. The van der Waals surface area contributed by atoms with Crippen molar-refractivity contribution in [2.75, 3.05) is 10.0 Å². The highest BCUT2D eigenvalue weighted by Gasteiger charge is 2.14. The highest BCUT2D eigenvalue weighted by molar-refractivity contribution is 7.92. The minimum atomic E-state index is -3.75. The topological polar surface area (TPSA) is 87.3 Å². The SMILES string of the molecule is Cc1cc(C)cc(NS(=O)(=O)c2ccc(NC(=S)NC(=O)/C=C/c3ccccc3Cl)cc2)c1. The molecule has 6 nitrogen and oxygen atoms in total. The van der Waals surface area contributed by atoms with Gasteiger partial charge in [-0.2, -0.15) is 0 Å². The number of thiocarbonyl (C=S) groups is 1. The van der Waals surface area contributed by atoms with Gasteiger partial charge in [-0.05, 0) is 91.3 Å². The second-order valence-electron chi connectivity index (χ2n) is 7.30. The molecule has 3 N–H and O–H groups in total. The summed E-state index contributed by atoms with van der Waals surface area (Å²) < 4.78 is 28.0. The third-order valence-electron chi connectivity index (χ3n) is 4.45. The number of halogens is 1. The van der Waals surface area contributed by atoms with Gasteiger partial charge in [0.25, 0.3) is 10.0 Å². The van der Waals surface area contributed by atoms with Crippen LogP contribution in [0.25, 0.3) is 6.08 Å². The summed E-state index contributed by atoms with van der Waals surface area (Å²) in [6.45, 7) is 3.80. The Morgan fingerprint density at radius 1 is 0.939 bits per heavy atom. The molecule has 0 aliphatic carbocycles. The Morgan fingerprint density at radius 2 is 1.58 bits per heavy atom. The first-order chi connectivity index (χ1) is 15.6. The van der Waals surface area contributed by atoms with Crippen molar-refractivity contribution in [2.45, 2.75) is 18.7 Å². The van der Waals surface area contributed by atoms with Crippen molar-refractivity contribution < 1.29 is 13.2 Å². The van der Waals surface area contributed by atoms with E-state index in [0.29, 0.717) is 22.0 Å². The van der Waals surface area contributed by atoms with Crippen molar-refractivity contribution in [3.8, 4) is 0 Å².